The van der Waals surface area contributed by atoms with E-state index in [1.165, 1.54) is 0 Å². The highest BCUT2D eigenvalue weighted by Crippen LogP contribution is 2.15. The standard InChI is InChI=1S/C7H11NO2S2/c1-6(8-12(2,9)10)7-3-4-11-5-7/h3-6,8H,1-2H3. The van der Waals surface area contributed by atoms with E-state index in [-0.39, 0.29) is 6.04 Å². The Morgan fingerprint density at radius 1 is 1.58 bits per heavy atom. The number of hydrogen-bond acceptors (Lipinski definition) is 3. The summed E-state index contributed by atoms with van der Waals surface area (Å²) in [6, 6.07) is 1.78. The van der Waals surface area contributed by atoms with E-state index in [2.05, 4.69) is 4.72 Å². The van der Waals surface area contributed by atoms with Crippen LogP contribution in [0.15, 0.2) is 16.8 Å². The third kappa shape index (κ3) is 2.92. The maximum Gasteiger partial charge on any atom is 0.209 e. The van der Waals surface area contributed by atoms with Crippen LogP contribution < -0.4 is 4.72 Å². The summed E-state index contributed by atoms with van der Waals surface area (Å²) in [6.07, 6.45) is 1.16. The molecule has 1 N–H and O–H groups in total. The van der Waals surface area contributed by atoms with Gasteiger partial charge in [-0.15, -0.1) is 0 Å². The first-order valence-electron chi connectivity index (χ1n) is 3.48. The fraction of sp³-hybridized carbons (Fsp3) is 0.429. The van der Waals surface area contributed by atoms with E-state index in [1.54, 1.807) is 11.3 Å². The van der Waals surface area contributed by atoms with Crippen molar-refractivity contribution in [2.45, 2.75) is 13.0 Å². The maximum absolute atomic E-state index is 10.8. The zero-order chi connectivity index (χ0) is 9.19. The number of thiophene rings is 1. The smallest absolute Gasteiger partial charge is 0.209 e. The fourth-order valence-electron chi connectivity index (χ4n) is 0.911. The van der Waals surface area contributed by atoms with E-state index in [9.17, 15) is 8.42 Å². The molecule has 5 heteroatoms. The summed E-state index contributed by atoms with van der Waals surface area (Å²) in [5, 5.41) is 3.86. The van der Waals surface area contributed by atoms with Crippen molar-refractivity contribution in [2.75, 3.05) is 6.26 Å². The molecule has 0 saturated heterocycles. The second-order valence-electron chi connectivity index (χ2n) is 2.67. The van der Waals surface area contributed by atoms with Crippen molar-refractivity contribution in [1.82, 2.24) is 4.72 Å². The van der Waals surface area contributed by atoms with E-state index in [0.717, 1.165) is 11.8 Å². The van der Waals surface area contributed by atoms with E-state index in [1.807, 2.05) is 23.8 Å². The summed E-state index contributed by atoms with van der Waals surface area (Å²) in [4.78, 5) is 0. The van der Waals surface area contributed by atoms with Crippen LogP contribution in [-0.2, 0) is 10.0 Å². The SMILES string of the molecule is CC(NS(C)(=O)=O)c1ccsc1. The summed E-state index contributed by atoms with van der Waals surface area (Å²) in [6.45, 7) is 1.82. The second kappa shape index (κ2) is 3.55. The molecule has 0 aromatic carbocycles. The molecule has 0 bridgehead atoms. The first kappa shape index (κ1) is 9.70. The average Bonchev–Trinajstić information content (AvgIpc) is 2.32. The van der Waals surface area contributed by atoms with Gasteiger partial charge in [-0.1, -0.05) is 0 Å². The van der Waals surface area contributed by atoms with Gasteiger partial charge in [0.05, 0.1) is 6.26 Å². The Hall–Kier alpha value is -0.390. The van der Waals surface area contributed by atoms with Crippen molar-refractivity contribution in [3.8, 4) is 0 Å². The van der Waals surface area contributed by atoms with Crippen LogP contribution in [0.25, 0.3) is 0 Å². The molecule has 0 spiro atoms. The van der Waals surface area contributed by atoms with E-state index < -0.39 is 10.0 Å². The van der Waals surface area contributed by atoms with Gasteiger partial charge in [-0.2, -0.15) is 11.3 Å². The molecule has 1 atom stereocenters. The van der Waals surface area contributed by atoms with Crippen LogP contribution in [-0.4, -0.2) is 14.7 Å². The van der Waals surface area contributed by atoms with Gasteiger partial charge in [0.2, 0.25) is 10.0 Å². The molecular weight excluding hydrogens is 194 g/mol. The molecule has 1 rings (SSSR count). The van der Waals surface area contributed by atoms with Crippen LogP contribution in [0.5, 0.6) is 0 Å². The molecule has 1 unspecified atom stereocenters. The Balaban J connectivity index is 2.68. The van der Waals surface area contributed by atoms with Crippen LogP contribution >= 0.6 is 11.3 Å². The Bertz CT molecular complexity index is 328. The minimum absolute atomic E-state index is 0.133. The van der Waals surface area contributed by atoms with E-state index in [4.69, 9.17) is 0 Å². The molecule has 0 aliphatic rings. The molecule has 0 radical (unpaired) electrons. The molecule has 12 heavy (non-hydrogen) atoms. The van der Waals surface area contributed by atoms with Crippen LogP contribution in [0, 0.1) is 0 Å². The summed E-state index contributed by atoms with van der Waals surface area (Å²) in [5.41, 5.74) is 1.01. The number of hydrogen-bond donors (Lipinski definition) is 1. The van der Waals surface area contributed by atoms with Crippen LogP contribution in [0.4, 0.5) is 0 Å². The highest BCUT2D eigenvalue weighted by Gasteiger charge is 2.10. The predicted octanol–water partition coefficient (Wildman–Crippen LogP) is 1.36. The quantitative estimate of drug-likeness (QED) is 0.810. The molecule has 1 heterocycles. The van der Waals surface area contributed by atoms with Crippen molar-refractivity contribution in [3.05, 3.63) is 22.4 Å². The summed E-state index contributed by atoms with van der Waals surface area (Å²) in [7, 11) is -3.09. The van der Waals surface area contributed by atoms with Gasteiger partial charge in [-0.3, -0.25) is 0 Å². The van der Waals surface area contributed by atoms with Gasteiger partial charge in [0.15, 0.2) is 0 Å². The van der Waals surface area contributed by atoms with Gasteiger partial charge in [0.25, 0.3) is 0 Å². The fourth-order valence-corrected chi connectivity index (χ4v) is 2.44. The van der Waals surface area contributed by atoms with E-state index >= 15 is 0 Å². The Morgan fingerprint density at radius 3 is 2.67 bits per heavy atom. The van der Waals surface area contributed by atoms with Crippen molar-refractivity contribution in [3.63, 3.8) is 0 Å². The molecule has 0 aliphatic heterocycles. The molecule has 0 saturated carbocycles. The van der Waals surface area contributed by atoms with Crippen LogP contribution in [0.3, 0.4) is 0 Å². The third-order valence-corrected chi connectivity index (χ3v) is 2.92. The summed E-state index contributed by atoms with van der Waals surface area (Å²) in [5.74, 6) is 0. The first-order chi connectivity index (χ1) is 5.49. The van der Waals surface area contributed by atoms with E-state index in [0.29, 0.717) is 0 Å². The highest BCUT2D eigenvalue weighted by atomic mass is 32.2. The Labute approximate surface area is 76.5 Å². The second-order valence-corrected chi connectivity index (χ2v) is 5.23. The van der Waals surface area contributed by atoms with Crippen LogP contribution in [0.2, 0.25) is 0 Å². The molecule has 1 aromatic heterocycles. The molecule has 3 nitrogen and oxygen atoms in total. The van der Waals surface area contributed by atoms with Gasteiger partial charge >= 0.3 is 0 Å². The average molecular weight is 205 g/mol. The van der Waals surface area contributed by atoms with Crippen molar-refractivity contribution in [2.24, 2.45) is 0 Å². The van der Waals surface area contributed by atoms with Gasteiger partial charge in [0.1, 0.15) is 0 Å². The van der Waals surface area contributed by atoms with Crippen molar-refractivity contribution >= 4 is 21.4 Å². The molecular formula is C7H11NO2S2. The Morgan fingerprint density at radius 2 is 2.25 bits per heavy atom. The summed E-state index contributed by atoms with van der Waals surface area (Å²) < 4.78 is 24.2. The predicted molar refractivity (Wildman–Crippen MR) is 50.7 cm³/mol. The largest absolute Gasteiger partial charge is 0.213 e. The lowest BCUT2D eigenvalue weighted by atomic mass is 10.2. The highest BCUT2D eigenvalue weighted by molar-refractivity contribution is 7.88. The molecule has 0 fully saturated rings. The van der Waals surface area contributed by atoms with Gasteiger partial charge < -0.3 is 0 Å². The molecule has 0 amide bonds. The van der Waals surface area contributed by atoms with Crippen LogP contribution in [0.1, 0.15) is 18.5 Å². The van der Waals surface area contributed by atoms with Gasteiger partial charge in [-0.25, -0.2) is 13.1 Å². The lowest BCUT2D eigenvalue weighted by Crippen LogP contribution is -2.24. The summed E-state index contributed by atoms with van der Waals surface area (Å²) >= 11 is 1.56. The lowest BCUT2D eigenvalue weighted by molar-refractivity contribution is 0.573. The van der Waals surface area contributed by atoms with Gasteiger partial charge in [0, 0.05) is 6.04 Å². The normalized spacial score (nSPS) is 14.5. The zero-order valence-corrected chi connectivity index (χ0v) is 8.58. The number of sulfonamides is 1. The topological polar surface area (TPSA) is 46.2 Å². The van der Waals surface area contributed by atoms with Crippen molar-refractivity contribution in [1.29, 1.82) is 0 Å². The maximum atomic E-state index is 10.8. The van der Waals surface area contributed by atoms with Gasteiger partial charge in [-0.05, 0) is 29.3 Å². The van der Waals surface area contributed by atoms with Crippen molar-refractivity contribution < 1.29 is 8.42 Å². The third-order valence-electron chi connectivity index (χ3n) is 1.43. The number of nitrogens with one attached hydrogen (secondary N) is 1. The minimum Gasteiger partial charge on any atom is -0.213 e. The molecule has 0 aliphatic carbocycles. The molecule has 1 aromatic rings. The lowest BCUT2D eigenvalue weighted by Gasteiger charge is -2.09. The first-order valence-corrected chi connectivity index (χ1v) is 6.32. The molecule has 68 valence electrons. The zero-order valence-electron chi connectivity index (χ0n) is 6.94. The Kier molecular flexibility index (Phi) is 2.87. The number of rotatable bonds is 3. The monoisotopic (exact) mass is 205 g/mol. The minimum atomic E-state index is -3.09.